The van der Waals surface area contributed by atoms with Crippen molar-refractivity contribution in [2.45, 2.75) is 31.1 Å². The van der Waals surface area contributed by atoms with Gasteiger partial charge in [-0.15, -0.1) is 0 Å². The van der Waals surface area contributed by atoms with Gasteiger partial charge in [0.05, 0.1) is 11.8 Å². The molecule has 9 heteroatoms. The van der Waals surface area contributed by atoms with Gasteiger partial charge in [-0.1, -0.05) is 71.9 Å². The summed E-state index contributed by atoms with van der Waals surface area (Å²) in [6.45, 7) is 2.21. The van der Waals surface area contributed by atoms with E-state index in [4.69, 9.17) is 14.6 Å². The lowest BCUT2D eigenvalue weighted by atomic mass is 9.98. The zero-order valence-electron chi connectivity index (χ0n) is 20.1. The monoisotopic (exact) mass is 512 g/mol. The fourth-order valence-corrected chi connectivity index (χ4v) is 5.56. The van der Waals surface area contributed by atoms with Crippen LogP contribution in [0.1, 0.15) is 35.6 Å². The van der Waals surface area contributed by atoms with Gasteiger partial charge in [0.2, 0.25) is 12.7 Å². The number of hydrazone groups is 1. The van der Waals surface area contributed by atoms with Gasteiger partial charge in [-0.3, -0.25) is 9.59 Å². The first kappa shape index (κ1) is 23.3. The second-order valence-electron chi connectivity index (χ2n) is 9.05. The molecular weight excluding hydrogens is 488 g/mol. The first-order chi connectivity index (χ1) is 18.0. The number of thioether (sulfide) groups is 1. The zero-order valence-corrected chi connectivity index (χ0v) is 20.9. The smallest absolute Gasteiger partial charge is 0.262 e. The van der Waals surface area contributed by atoms with Gasteiger partial charge >= 0.3 is 0 Å². The molecular formula is C28H24N4O4S. The Morgan fingerprint density at radius 1 is 1.05 bits per heavy atom. The normalized spacial score (nSPS) is 20.1. The highest BCUT2D eigenvalue weighted by Crippen LogP contribution is 2.39. The third kappa shape index (κ3) is 4.82. The summed E-state index contributed by atoms with van der Waals surface area (Å²) in [5.74, 6) is 0.623. The second-order valence-corrected chi connectivity index (χ2v) is 10.2. The molecule has 2 amide bonds. The summed E-state index contributed by atoms with van der Waals surface area (Å²) in [6, 6.07) is 23.5. The molecule has 8 nitrogen and oxygen atoms in total. The largest absolute Gasteiger partial charge is 0.454 e. The van der Waals surface area contributed by atoms with E-state index in [1.165, 1.54) is 17.3 Å². The minimum atomic E-state index is -0.612. The van der Waals surface area contributed by atoms with E-state index >= 15 is 0 Å². The average Bonchev–Trinajstić information content (AvgIpc) is 3.64. The van der Waals surface area contributed by atoms with E-state index < -0.39 is 5.25 Å². The predicted molar refractivity (Wildman–Crippen MR) is 143 cm³/mol. The van der Waals surface area contributed by atoms with Crippen molar-refractivity contribution in [3.8, 4) is 11.5 Å². The van der Waals surface area contributed by atoms with Crippen molar-refractivity contribution >= 4 is 40.1 Å². The Kier molecular flexibility index (Phi) is 6.13. The van der Waals surface area contributed by atoms with Gasteiger partial charge in [0.1, 0.15) is 5.25 Å². The van der Waals surface area contributed by atoms with Gasteiger partial charge in [-0.2, -0.15) is 10.1 Å². The van der Waals surface area contributed by atoms with Gasteiger partial charge in [-0.05, 0) is 30.2 Å². The Labute approximate surface area is 218 Å². The summed E-state index contributed by atoms with van der Waals surface area (Å²) in [7, 11) is 0. The first-order valence-corrected chi connectivity index (χ1v) is 12.9. The molecule has 2 atom stereocenters. The van der Waals surface area contributed by atoms with Gasteiger partial charge in [-0.25, -0.2) is 5.01 Å². The maximum Gasteiger partial charge on any atom is 0.262 e. The maximum absolute atomic E-state index is 12.8. The Morgan fingerprint density at radius 2 is 1.84 bits per heavy atom. The molecule has 1 N–H and O–H groups in total. The zero-order chi connectivity index (χ0) is 25.4. The summed E-state index contributed by atoms with van der Waals surface area (Å²) >= 11 is 1.29. The molecule has 3 aliphatic heterocycles. The van der Waals surface area contributed by atoms with Gasteiger partial charge < -0.3 is 14.8 Å². The topological polar surface area (TPSA) is 92.6 Å². The Balaban J connectivity index is 1.18. The number of fused-ring (bicyclic) bond motifs is 1. The number of nitrogens with one attached hydrogen (secondary N) is 1. The standard InChI is InChI=1S/C28H24N4O4S/c1-17-7-9-19(10-8-17)22-14-21(18-5-3-2-4-6-18)31-32(22)28-30-27(34)25(37-28)15-26(33)29-20-11-12-23-24(13-20)36-16-35-23/h2-13,22,25H,14-16H2,1H3,(H,29,33)/t22-,25-/m0/s1. The number of carbonyl (C=O) groups excluding carboxylic acids is 2. The van der Waals surface area contributed by atoms with Crippen LogP contribution in [0.4, 0.5) is 5.69 Å². The average molecular weight is 513 g/mol. The van der Waals surface area contributed by atoms with Crippen LogP contribution in [0.5, 0.6) is 11.5 Å². The minimum absolute atomic E-state index is 0.00321. The number of amides is 2. The number of amidine groups is 1. The van der Waals surface area contributed by atoms with Crippen LogP contribution in [0.25, 0.3) is 0 Å². The van der Waals surface area contributed by atoms with E-state index in [9.17, 15) is 9.59 Å². The molecule has 0 spiro atoms. The highest BCUT2D eigenvalue weighted by atomic mass is 32.2. The van der Waals surface area contributed by atoms with Crippen molar-refractivity contribution in [3.63, 3.8) is 0 Å². The van der Waals surface area contributed by atoms with Crippen LogP contribution in [0.3, 0.4) is 0 Å². The summed E-state index contributed by atoms with van der Waals surface area (Å²) in [5.41, 5.74) is 4.83. The van der Waals surface area contributed by atoms with Crippen molar-refractivity contribution in [2.24, 2.45) is 10.1 Å². The summed E-state index contributed by atoms with van der Waals surface area (Å²) in [6.07, 6.45) is 0.694. The van der Waals surface area contributed by atoms with Crippen LogP contribution in [0.2, 0.25) is 0 Å². The number of benzene rings is 3. The molecule has 3 aromatic carbocycles. The first-order valence-electron chi connectivity index (χ1n) is 12.0. The van der Waals surface area contributed by atoms with Crippen LogP contribution < -0.4 is 14.8 Å². The molecule has 37 heavy (non-hydrogen) atoms. The predicted octanol–water partition coefficient (Wildman–Crippen LogP) is 4.90. The Morgan fingerprint density at radius 3 is 2.65 bits per heavy atom. The molecule has 186 valence electrons. The fourth-order valence-electron chi connectivity index (χ4n) is 4.50. The van der Waals surface area contributed by atoms with E-state index in [0.29, 0.717) is 28.8 Å². The van der Waals surface area contributed by atoms with Crippen LogP contribution in [0.15, 0.2) is 82.9 Å². The minimum Gasteiger partial charge on any atom is -0.454 e. The van der Waals surface area contributed by atoms with E-state index in [1.54, 1.807) is 18.2 Å². The number of aliphatic imine (C=N–C) groups is 1. The lowest BCUT2D eigenvalue weighted by Gasteiger charge is -2.23. The molecule has 0 unspecified atom stereocenters. The lowest BCUT2D eigenvalue weighted by molar-refractivity contribution is -0.121. The van der Waals surface area contributed by atoms with Gasteiger partial charge in [0.25, 0.3) is 5.91 Å². The van der Waals surface area contributed by atoms with Crippen molar-refractivity contribution in [3.05, 3.63) is 89.5 Å². The molecule has 0 aromatic heterocycles. The lowest BCUT2D eigenvalue weighted by Crippen LogP contribution is -2.25. The third-order valence-electron chi connectivity index (χ3n) is 6.43. The number of carbonyl (C=O) groups is 2. The van der Waals surface area contributed by atoms with Gasteiger partial charge in [0, 0.05) is 24.6 Å². The molecule has 3 aliphatic rings. The van der Waals surface area contributed by atoms with E-state index in [2.05, 4.69) is 41.5 Å². The molecule has 3 heterocycles. The number of rotatable bonds is 5. The number of anilines is 1. The van der Waals surface area contributed by atoms with Crippen molar-refractivity contribution in [2.75, 3.05) is 12.1 Å². The number of hydrogen-bond acceptors (Lipinski definition) is 7. The van der Waals surface area contributed by atoms with E-state index in [1.807, 2.05) is 35.3 Å². The Bertz CT molecular complexity index is 1420. The van der Waals surface area contributed by atoms with Crippen molar-refractivity contribution in [1.82, 2.24) is 5.01 Å². The maximum atomic E-state index is 12.8. The molecule has 0 aliphatic carbocycles. The van der Waals surface area contributed by atoms with E-state index in [0.717, 1.165) is 16.8 Å². The van der Waals surface area contributed by atoms with Crippen LogP contribution in [-0.4, -0.2) is 39.7 Å². The third-order valence-corrected chi connectivity index (χ3v) is 7.57. The summed E-state index contributed by atoms with van der Waals surface area (Å²) in [4.78, 5) is 29.9. The highest BCUT2D eigenvalue weighted by Gasteiger charge is 2.39. The number of ether oxygens (including phenoxy) is 2. The second kappa shape index (κ2) is 9.74. The van der Waals surface area contributed by atoms with Crippen LogP contribution in [-0.2, 0) is 9.59 Å². The molecule has 6 rings (SSSR count). The fraction of sp³-hybridized carbons (Fsp3) is 0.214. The van der Waals surface area contributed by atoms with Crippen LogP contribution >= 0.6 is 11.8 Å². The Hall–Kier alpha value is -4.11. The van der Waals surface area contributed by atoms with Crippen molar-refractivity contribution in [1.29, 1.82) is 0 Å². The van der Waals surface area contributed by atoms with Crippen molar-refractivity contribution < 1.29 is 19.1 Å². The number of nitrogens with zero attached hydrogens (tertiary/aromatic N) is 3. The van der Waals surface area contributed by atoms with Gasteiger partial charge in [0.15, 0.2) is 16.7 Å². The SMILES string of the molecule is Cc1ccc([C@@H]2CC(c3ccccc3)=NN2C2=NC(=O)[C@H](CC(=O)Nc3ccc4c(c3)OCO4)S2)cc1. The molecule has 0 saturated heterocycles. The quantitative estimate of drug-likeness (QED) is 0.523. The van der Waals surface area contributed by atoms with E-state index in [-0.39, 0.29) is 31.1 Å². The highest BCUT2D eigenvalue weighted by molar-refractivity contribution is 8.15. The summed E-state index contributed by atoms with van der Waals surface area (Å²) < 4.78 is 10.7. The number of aryl methyl sites for hydroxylation is 1. The molecule has 0 fully saturated rings. The molecule has 0 saturated carbocycles. The number of hydrogen-bond donors (Lipinski definition) is 1. The molecule has 0 bridgehead atoms. The molecule has 3 aromatic rings. The molecule has 0 radical (unpaired) electrons. The van der Waals surface area contributed by atoms with Crippen LogP contribution in [0, 0.1) is 6.92 Å². The summed E-state index contributed by atoms with van der Waals surface area (Å²) in [5, 5.41) is 9.47.